The largest absolute Gasteiger partial charge is 0.553 e. The monoisotopic (exact) mass is 560 g/mol. The summed E-state index contributed by atoms with van der Waals surface area (Å²) in [5.74, 6) is 0. The van der Waals surface area contributed by atoms with E-state index in [1.165, 1.54) is 0 Å². The number of hydrogen-bond acceptors (Lipinski definition) is 6. The van der Waals surface area contributed by atoms with Gasteiger partial charge in [0.1, 0.15) is 18.3 Å². The average Bonchev–Trinajstić information content (AvgIpc) is 3.17. The second-order valence-electron chi connectivity index (χ2n) is 3.98. The van der Waals surface area contributed by atoms with Crippen molar-refractivity contribution in [3.05, 3.63) is 21.3 Å². The zero-order valence-electron chi connectivity index (χ0n) is 12.3. The molecule has 6 nitrogen and oxygen atoms in total. The second-order valence-corrected chi connectivity index (χ2v) is 3.98. The van der Waals surface area contributed by atoms with Gasteiger partial charge in [0.15, 0.2) is 0 Å². The van der Waals surface area contributed by atoms with E-state index in [9.17, 15) is 0 Å². The van der Waals surface area contributed by atoms with Crippen molar-refractivity contribution < 1.29 is 127 Å². The fourth-order valence-corrected chi connectivity index (χ4v) is 0.887. The molecular weight excluding hydrogens is 531 g/mol. The molecule has 3 saturated heterocycles. The van der Waals surface area contributed by atoms with Crippen LogP contribution < -0.4 is 0 Å². The van der Waals surface area contributed by atoms with E-state index >= 15 is 0 Å². The molecule has 3 unspecified atom stereocenters. The first-order chi connectivity index (χ1) is 8.80. The van der Waals surface area contributed by atoms with E-state index in [0.717, 1.165) is 19.8 Å². The van der Waals surface area contributed by atoms with Gasteiger partial charge in [0.25, 0.3) is 0 Å². The van der Waals surface area contributed by atoms with Gasteiger partial charge in [-0.25, -0.2) is 21.3 Å². The van der Waals surface area contributed by atoms with Gasteiger partial charge in [-0.3, -0.25) is 0 Å². The molecule has 0 spiro atoms. The van der Waals surface area contributed by atoms with Crippen molar-refractivity contribution in [2.75, 3.05) is 39.6 Å². The van der Waals surface area contributed by atoms with Crippen LogP contribution >= 0.6 is 0 Å². The summed E-state index contributed by atoms with van der Waals surface area (Å²) in [5, 5.41) is 0. The van der Waals surface area contributed by atoms with Crippen molar-refractivity contribution in [2.45, 2.75) is 33.2 Å². The van der Waals surface area contributed by atoms with Gasteiger partial charge in [-0.2, -0.15) is 0 Å². The summed E-state index contributed by atoms with van der Waals surface area (Å²) in [7, 11) is 9.56. The summed E-state index contributed by atoms with van der Waals surface area (Å²) in [4.78, 5) is 0. The van der Waals surface area contributed by atoms with E-state index in [2.05, 4.69) is 35.5 Å². The van der Waals surface area contributed by atoms with Crippen LogP contribution in [-0.2, 0) is 127 Å². The van der Waals surface area contributed by atoms with E-state index < -0.39 is 0 Å². The van der Waals surface area contributed by atoms with Gasteiger partial charge >= 0.3 is 0 Å². The molecule has 0 amide bonds. The zero-order chi connectivity index (χ0) is 13.2. The van der Waals surface area contributed by atoms with Crippen molar-refractivity contribution in [1.82, 2.24) is 0 Å². The molecule has 3 aliphatic heterocycles. The predicted octanol–water partition coefficient (Wildman–Crippen LogP) is 1.84. The molecule has 0 bridgehead atoms. The quantitative estimate of drug-likeness (QED) is 0.366. The first kappa shape index (κ1) is 36.9. The molecule has 23 heavy (non-hydrogen) atoms. The number of ether oxygens (including phenoxy) is 6. The number of hydrogen-bond donors (Lipinski definition) is 0. The molecule has 133 valence electrons. The van der Waals surface area contributed by atoms with Crippen LogP contribution in [-0.4, -0.2) is 58.0 Å². The first-order valence-electron chi connectivity index (χ1n) is 5.75. The van der Waals surface area contributed by atoms with Crippen LogP contribution in [0.4, 0.5) is 0 Å². The Bertz CT molecular complexity index is 170. The fourth-order valence-electron chi connectivity index (χ4n) is 0.887. The molecule has 0 N–H and O–H groups in total. The Morgan fingerprint density at radius 1 is 0.609 bits per heavy atom. The second kappa shape index (κ2) is 25.1. The van der Waals surface area contributed by atoms with Crippen LogP contribution in [0.3, 0.4) is 0 Å². The van der Waals surface area contributed by atoms with Crippen LogP contribution in [0.25, 0.3) is 0 Å². The zero-order valence-corrected chi connectivity index (χ0v) is 20.8. The third-order valence-corrected chi connectivity index (χ3v) is 2.12. The molecule has 3 aliphatic rings. The summed E-state index contributed by atoms with van der Waals surface area (Å²) >= 11 is 0. The van der Waals surface area contributed by atoms with E-state index in [-0.39, 0.29) is 113 Å². The summed E-state index contributed by atoms with van der Waals surface area (Å²) < 4.78 is 27.8. The Balaban J connectivity index is -0.0000000635. The van der Waals surface area contributed by atoms with Crippen LogP contribution in [0.5, 0.6) is 0 Å². The van der Waals surface area contributed by atoms with Gasteiger partial charge in [0.2, 0.25) is 0 Å². The third kappa shape index (κ3) is 30.1. The maximum Gasteiger partial charge on any atom is 0.101 e. The minimum atomic E-state index is 0. The Morgan fingerprint density at radius 3 is 0.826 bits per heavy atom. The number of epoxide rings is 3. The van der Waals surface area contributed by atoms with Gasteiger partial charge in [0.05, 0.1) is 19.8 Å². The molecule has 0 aromatic heterocycles. The topological polar surface area (TPSA) is 65.3 Å². The molecular formula is C14H29O6Y3-3. The van der Waals surface area contributed by atoms with Crippen molar-refractivity contribution >= 4 is 0 Å². The number of rotatable bonds is 6. The van der Waals surface area contributed by atoms with Gasteiger partial charge in [-0.1, -0.05) is 14.9 Å². The van der Waals surface area contributed by atoms with Crippen molar-refractivity contribution in [3.63, 3.8) is 0 Å². The van der Waals surface area contributed by atoms with Crippen LogP contribution in [0.2, 0.25) is 0 Å². The molecule has 3 heterocycles. The van der Waals surface area contributed by atoms with E-state index in [1.54, 1.807) is 0 Å². The summed E-state index contributed by atoms with van der Waals surface area (Å²) in [6.45, 7) is 4.53. The molecule has 3 atom stereocenters. The third-order valence-electron chi connectivity index (χ3n) is 2.12. The normalized spacial score (nSPS) is 23.9. The minimum absolute atomic E-state index is 0. The van der Waals surface area contributed by atoms with Crippen molar-refractivity contribution in [1.29, 1.82) is 0 Å². The Kier molecular flexibility index (Phi) is 40.2. The van der Waals surface area contributed by atoms with Gasteiger partial charge in [-0.05, 0) is 0 Å². The molecule has 3 radical (unpaired) electrons. The maximum absolute atomic E-state index is 4.78. The molecule has 0 aromatic carbocycles. The van der Waals surface area contributed by atoms with E-state index in [4.69, 9.17) is 14.2 Å². The Morgan fingerprint density at radius 2 is 0.783 bits per heavy atom. The standard InChI is InChI=1S/3C4H7O2.2CH4.3Y/c3*1-5-2-4-3-6-4;;;;;/h3*4H,1-3H2;2*1H4;;;/q3*-1;;;;;. The maximum atomic E-state index is 4.78. The fraction of sp³-hybridized carbons (Fsp3) is 0.786. The first-order valence-corrected chi connectivity index (χ1v) is 5.75. The Labute approximate surface area is 217 Å². The van der Waals surface area contributed by atoms with Gasteiger partial charge < -0.3 is 28.4 Å². The summed E-state index contributed by atoms with van der Waals surface area (Å²) in [5.41, 5.74) is 0. The molecule has 0 aliphatic carbocycles. The van der Waals surface area contributed by atoms with E-state index in [1.807, 2.05) is 0 Å². The van der Waals surface area contributed by atoms with E-state index in [0.29, 0.717) is 38.1 Å². The molecule has 0 saturated carbocycles. The predicted molar refractivity (Wildman–Crippen MR) is 76.6 cm³/mol. The van der Waals surface area contributed by atoms with Crippen LogP contribution in [0.15, 0.2) is 0 Å². The average molecular weight is 560 g/mol. The molecule has 0 aromatic rings. The van der Waals surface area contributed by atoms with Crippen molar-refractivity contribution in [2.24, 2.45) is 0 Å². The Hall–Kier alpha value is 3.07. The van der Waals surface area contributed by atoms with Crippen LogP contribution in [0.1, 0.15) is 14.9 Å². The molecule has 3 rings (SSSR count). The minimum Gasteiger partial charge on any atom is -0.553 e. The molecule has 3 fully saturated rings. The van der Waals surface area contributed by atoms with Gasteiger partial charge in [0, 0.05) is 118 Å². The van der Waals surface area contributed by atoms with Crippen LogP contribution in [0, 0.1) is 21.3 Å². The SMILES string of the molecule is C.C.[CH2-]OCC1CO1.[CH2-]OCC1CO1.[CH2-]OCC1CO1.[Y].[Y].[Y]. The van der Waals surface area contributed by atoms with Gasteiger partial charge in [-0.15, -0.1) is 0 Å². The van der Waals surface area contributed by atoms with Crippen molar-refractivity contribution in [3.8, 4) is 0 Å². The summed E-state index contributed by atoms with van der Waals surface area (Å²) in [6, 6.07) is 0. The summed E-state index contributed by atoms with van der Waals surface area (Å²) in [6.07, 6.45) is 1.09. The molecule has 9 heteroatoms. The smallest absolute Gasteiger partial charge is 0.101 e.